The standard InChI is InChI=1S/C17H13FO4/c18-14-4-2-1-3-13(14)15(19)10-21-12-7-5-11-6-8-17(20)22-16(11)9-12/h1-9,15,19H,10H2/t15-/m0/s1. The highest BCUT2D eigenvalue weighted by atomic mass is 19.1. The summed E-state index contributed by atoms with van der Waals surface area (Å²) in [6.45, 7) is -0.108. The van der Waals surface area contributed by atoms with E-state index in [1.165, 1.54) is 18.2 Å². The Morgan fingerprint density at radius 2 is 1.91 bits per heavy atom. The van der Waals surface area contributed by atoms with Gasteiger partial charge in [0.05, 0.1) is 0 Å². The molecule has 1 N–H and O–H groups in total. The molecule has 112 valence electrons. The Morgan fingerprint density at radius 3 is 2.73 bits per heavy atom. The monoisotopic (exact) mass is 300 g/mol. The second-order valence-corrected chi connectivity index (χ2v) is 4.80. The third-order valence-electron chi connectivity index (χ3n) is 3.27. The van der Waals surface area contributed by atoms with Crippen molar-refractivity contribution in [3.05, 3.63) is 76.4 Å². The van der Waals surface area contributed by atoms with E-state index in [1.54, 1.807) is 36.4 Å². The zero-order chi connectivity index (χ0) is 15.5. The molecule has 0 fully saturated rings. The van der Waals surface area contributed by atoms with Crippen LogP contribution in [0.1, 0.15) is 11.7 Å². The maximum Gasteiger partial charge on any atom is 0.336 e. The lowest BCUT2D eigenvalue weighted by Gasteiger charge is -2.13. The molecule has 0 aliphatic carbocycles. The van der Waals surface area contributed by atoms with Gasteiger partial charge in [0.1, 0.15) is 29.9 Å². The normalized spacial score (nSPS) is 12.3. The van der Waals surface area contributed by atoms with Crippen LogP contribution in [0.4, 0.5) is 4.39 Å². The zero-order valence-electron chi connectivity index (χ0n) is 11.5. The first-order valence-corrected chi connectivity index (χ1v) is 6.73. The van der Waals surface area contributed by atoms with Crippen molar-refractivity contribution in [2.24, 2.45) is 0 Å². The Bertz CT molecular complexity index is 856. The smallest absolute Gasteiger partial charge is 0.336 e. The fourth-order valence-electron chi connectivity index (χ4n) is 2.14. The van der Waals surface area contributed by atoms with E-state index < -0.39 is 17.5 Å². The summed E-state index contributed by atoms with van der Waals surface area (Å²) in [4.78, 5) is 11.2. The van der Waals surface area contributed by atoms with Crippen LogP contribution < -0.4 is 10.4 Å². The summed E-state index contributed by atoms with van der Waals surface area (Å²) < 4.78 is 24.1. The predicted molar refractivity (Wildman–Crippen MR) is 79.3 cm³/mol. The van der Waals surface area contributed by atoms with Crippen molar-refractivity contribution in [1.82, 2.24) is 0 Å². The second kappa shape index (κ2) is 5.99. The first-order valence-electron chi connectivity index (χ1n) is 6.73. The fraction of sp³-hybridized carbons (Fsp3) is 0.118. The molecule has 0 saturated carbocycles. The lowest BCUT2D eigenvalue weighted by Crippen LogP contribution is -2.11. The fourth-order valence-corrected chi connectivity index (χ4v) is 2.14. The third kappa shape index (κ3) is 2.99. The summed E-state index contributed by atoms with van der Waals surface area (Å²) in [6, 6.07) is 14.0. The molecule has 2 aromatic carbocycles. The predicted octanol–water partition coefficient (Wildman–Crippen LogP) is 3.04. The Kier molecular flexibility index (Phi) is 3.89. The van der Waals surface area contributed by atoms with Crippen LogP contribution >= 0.6 is 0 Å². The highest BCUT2D eigenvalue weighted by molar-refractivity contribution is 5.77. The molecule has 0 radical (unpaired) electrons. The van der Waals surface area contributed by atoms with Gasteiger partial charge >= 0.3 is 5.63 Å². The minimum atomic E-state index is -1.08. The number of aliphatic hydroxyl groups excluding tert-OH is 1. The summed E-state index contributed by atoms with van der Waals surface area (Å²) in [5, 5.41) is 10.7. The minimum absolute atomic E-state index is 0.108. The molecular weight excluding hydrogens is 287 g/mol. The average molecular weight is 300 g/mol. The Morgan fingerprint density at radius 1 is 1.14 bits per heavy atom. The van der Waals surface area contributed by atoms with E-state index in [0.29, 0.717) is 11.3 Å². The van der Waals surface area contributed by atoms with Gasteiger partial charge in [0, 0.05) is 23.1 Å². The number of aliphatic hydroxyl groups is 1. The van der Waals surface area contributed by atoms with Crippen molar-refractivity contribution in [3.8, 4) is 5.75 Å². The second-order valence-electron chi connectivity index (χ2n) is 4.80. The topological polar surface area (TPSA) is 59.7 Å². The van der Waals surface area contributed by atoms with Gasteiger partial charge in [-0.05, 0) is 24.3 Å². The largest absolute Gasteiger partial charge is 0.490 e. The molecule has 4 nitrogen and oxygen atoms in total. The van der Waals surface area contributed by atoms with E-state index in [4.69, 9.17) is 9.15 Å². The Balaban J connectivity index is 1.76. The summed E-state index contributed by atoms with van der Waals surface area (Å²) in [6.07, 6.45) is -1.08. The van der Waals surface area contributed by atoms with E-state index in [0.717, 1.165) is 5.39 Å². The molecule has 1 aromatic heterocycles. The van der Waals surface area contributed by atoms with Gasteiger partial charge in [-0.25, -0.2) is 9.18 Å². The number of ether oxygens (including phenoxy) is 1. The molecule has 1 heterocycles. The van der Waals surface area contributed by atoms with Crippen molar-refractivity contribution >= 4 is 11.0 Å². The summed E-state index contributed by atoms with van der Waals surface area (Å²) in [5.41, 5.74) is 0.122. The molecule has 0 spiro atoms. The van der Waals surface area contributed by atoms with E-state index >= 15 is 0 Å². The minimum Gasteiger partial charge on any atom is -0.490 e. The number of fused-ring (bicyclic) bond motifs is 1. The highest BCUT2D eigenvalue weighted by Crippen LogP contribution is 2.22. The number of hydrogen-bond donors (Lipinski definition) is 1. The molecule has 0 saturated heterocycles. The van der Waals surface area contributed by atoms with Gasteiger partial charge in [-0.15, -0.1) is 0 Å². The van der Waals surface area contributed by atoms with Gasteiger partial charge in [-0.2, -0.15) is 0 Å². The molecule has 0 bridgehead atoms. The molecule has 1 atom stereocenters. The quantitative estimate of drug-likeness (QED) is 0.752. The average Bonchev–Trinajstić information content (AvgIpc) is 2.52. The van der Waals surface area contributed by atoms with Crippen molar-refractivity contribution in [3.63, 3.8) is 0 Å². The Labute approximate surface area is 125 Å². The van der Waals surface area contributed by atoms with Crippen LogP contribution in [0.15, 0.2) is 63.8 Å². The van der Waals surface area contributed by atoms with Gasteiger partial charge in [0.2, 0.25) is 0 Å². The third-order valence-corrected chi connectivity index (χ3v) is 3.27. The molecule has 3 rings (SSSR count). The molecule has 0 aliphatic rings. The molecule has 0 amide bonds. The van der Waals surface area contributed by atoms with Crippen LogP contribution in [0.3, 0.4) is 0 Å². The first kappa shape index (κ1) is 14.3. The lowest BCUT2D eigenvalue weighted by molar-refractivity contribution is 0.105. The van der Waals surface area contributed by atoms with Gasteiger partial charge in [-0.1, -0.05) is 18.2 Å². The van der Waals surface area contributed by atoms with Crippen LogP contribution in [0.2, 0.25) is 0 Å². The molecule has 5 heteroatoms. The molecule has 0 unspecified atom stereocenters. The highest BCUT2D eigenvalue weighted by Gasteiger charge is 2.13. The number of halogens is 1. The molecule has 3 aromatic rings. The van der Waals surface area contributed by atoms with Crippen LogP contribution in [-0.4, -0.2) is 11.7 Å². The number of benzene rings is 2. The van der Waals surface area contributed by atoms with Crippen LogP contribution in [0.25, 0.3) is 11.0 Å². The molecule has 0 aliphatic heterocycles. The van der Waals surface area contributed by atoms with Gasteiger partial charge in [0.15, 0.2) is 0 Å². The lowest BCUT2D eigenvalue weighted by atomic mass is 10.1. The van der Waals surface area contributed by atoms with Gasteiger partial charge in [0.25, 0.3) is 0 Å². The van der Waals surface area contributed by atoms with Crippen LogP contribution in [0, 0.1) is 5.82 Å². The van der Waals surface area contributed by atoms with E-state index in [2.05, 4.69) is 0 Å². The summed E-state index contributed by atoms with van der Waals surface area (Å²) >= 11 is 0. The van der Waals surface area contributed by atoms with Crippen LogP contribution in [-0.2, 0) is 0 Å². The first-order chi connectivity index (χ1) is 10.6. The zero-order valence-corrected chi connectivity index (χ0v) is 11.5. The van der Waals surface area contributed by atoms with Crippen molar-refractivity contribution < 1.29 is 18.7 Å². The van der Waals surface area contributed by atoms with Crippen molar-refractivity contribution in [2.75, 3.05) is 6.61 Å². The van der Waals surface area contributed by atoms with Crippen molar-refractivity contribution in [2.45, 2.75) is 6.10 Å². The van der Waals surface area contributed by atoms with E-state index in [9.17, 15) is 14.3 Å². The molecular formula is C17H13FO4. The Hall–Kier alpha value is -2.66. The SMILES string of the molecule is O=c1ccc2ccc(OC[C@H](O)c3ccccc3F)cc2o1. The number of hydrogen-bond acceptors (Lipinski definition) is 4. The van der Waals surface area contributed by atoms with Gasteiger partial charge < -0.3 is 14.3 Å². The van der Waals surface area contributed by atoms with Crippen LogP contribution in [0.5, 0.6) is 5.75 Å². The van der Waals surface area contributed by atoms with Gasteiger partial charge in [-0.3, -0.25) is 0 Å². The molecule has 22 heavy (non-hydrogen) atoms. The van der Waals surface area contributed by atoms with E-state index in [-0.39, 0.29) is 12.2 Å². The maximum absolute atomic E-state index is 13.6. The maximum atomic E-state index is 13.6. The number of rotatable bonds is 4. The van der Waals surface area contributed by atoms with E-state index in [1.807, 2.05) is 0 Å². The summed E-state index contributed by atoms with van der Waals surface area (Å²) in [7, 11) is 0. The summed E-state index contributed by atoms with van der Waals surface area (Å²) in [5.74, 6) is -0.0552. The van der Waals surface area contributed by atoms with Crippen molar-refractivity contribution in [1.29, 1.82) is 0 Å².